The van der Waals surface area contributed by atoms with Crippen molar-refractivity contribution in [2.45, 2.75) is 12.5 Å². The molecule has 4 bridgehead atoms. The van der Waals surface area contributed by atoms with Crippen LogP contribution in [0.3, 0.4) is 0 Å². The molecule has 1 nitrogen and oxygen atoms in total. The van der Waals surface area contributed by atoms with E-state index in [1.165, 1.54) is 6.42 Å². The molecule has 3 rings (SSSR count). The topological polar surface area (TPSA) is 20.2 Å². The number of aliphatic hydroxyl groups is 1. The molecule has 1 unspecified atom stereocenters. The van der Waals surface area contributed by atoms with E-state index in [4.69, 9.17) is 0 Å². The Labute approximate surface area is 78.5 Å². The Morgan fingerprint density at radius 3 is 1.92 bits per heavy atom. The minimum absolute atomic E-state index is 0.159. The van der Waals surface area contributed by atoms with E-state index in [1.807, 2.05) is 0 Å². The monoisotopic (exact) mass is 174 g/mol. The van der Waals surface area contributed by atoms with E-state index in [9.17, 15) is 5.11 Å². The molecule has 0 radical (unpaired) electrons. The van der Waals surface area contributed by atoms with Crippen molar-refractivity contribution in [3.05, 3.63) is 36.5 Å². The van der Waals surface area contributed by atoms with E-state index in [2.05, 4.69) is 36.5 Å². The highest BCUT2D eigenvalue weighted by Crippen LogP contribution is 2.46. The first-order valence-electron chi connectivity index (χ1n) is 5.07. The van der Waals surface area contributed by atoms with Crippen LogP contribution in [0.15, 0.2) is 36.5 Å². The summed E-state index contributed by atoms with van der Waals surface area (Å²) in [4.78, 5) is 0. The smallest absolute Gasteiger partial charge is 0.0676 e. The van der Waals surface area contributed by atoms with Crippen molar-refractivity contribution in [2.75, 3.05) is 0 Å². The molecule has 0 aliphatic heterocycles. The number of fused-ring (bicyclic) bond motifs is 6. The highest BCUT2D eigenvalue weighted by Gasteiger charge is 2.43. The van der Waals surface area contributed by atoms with Gasteiger partial charge in [-0.25, -0.2) is 0 Å². The minimum atomic E-state index is -0.159. The van der Waals surface area contributed by atoms with Gasteiger partial charge in [0.15, 0.2) is 0 Å². The Balaban J connectivity index is 2.06. The van der Waals surface area contributed by atoms with Crippen LogP contribution in [0, 0.1) is 23.7 Å². The van der Waals surface area contributed by atoms with Gasteiger partial charge in [-0.3, -0.25) is 0 Å². The molecule has 13 heavy (non-hydrogen) atoms. The van der Waals surface area contributed by atoms with E-state index in [0.717, 1.165) is 0 Å². The molecule has 0 amide bonds. The van der Waals surface area contributed by atoms with Gasteiger partial charge in [0.2, 0.25) is 0 Å². The first-order chi connectivity index (χ1) is 6.36. The molecule has 0 heterocycles. The Bertz CT molecular complexity index is 272. The van der Waals surface area contributed by atoms with Crippen LogP contribution in [0.5, 0.6) is 0 Å². The van der Waals surface area contributed by atoms with Gasteiger partial charge < -0.3 is 5.11 Å². The number of hydrogen-bond acceptors (Lipinski definition) is 1. The van der Waals surface area contributed by atoms with Gasteiger partial charge in [-0.15, -0.1) is 0 Å². The molecule has 0 spiro atoms. The van der Waals surface area contributed by atoms with Crippen LogP contribution in [0.25, 0.3) is 0 Å². The first-order valence-corrected chi connectivity index (χ1v) is 5.07. The third kappa shape index (κ3) is 0.969. The molecule has 1 heteroatoms. The maximum atomic E-state index is 10.1. The summed E-state index contributed by atoms with van der Waals surface area (Å²) in [6.45, 7) is 0. The van der Waals surface area contributed by atoms with E-state index in [-0.39, 0.29) is 6.10 Å². The lowest BCUT2D eigenvalue weighted by atomic mass is 9.71. The average molecular weight is 174 g/mol. The molecule has 0 saturated heterocycles. The summed E-state index contributed by atoms with van der Waals surface area (Å²) < 4.78 is 0. The number of hydrogen-bond donors (Lipinski definition) is 1. The van der Waals surface area contributed by atoms with Crippen molar-refractivity contribution in [2.24, 2.45) is 23.7 Å². The van der Waals surface area contributed by atoms with Gasteiger partial charge >= 0.3 is 0 Å². The van der Waals surface area contributed by atoms with Crippen molar-refractivity contribution in [1.29, 1.82) is 0 Å². The second kappa shape index (κ2) is 2.58. The molecule has 5 atom stereocenters. The van der Waals surface area contributed by atoms with Crippen molar-refractivity contribution >= 4 is 0 Å². The van der Waals surface area contributed by atoms with Crippen LogP contribution in [0.2, 0.25) is 0 Å². The van der Waals surface area contributed by atoms with Crippen molar-refractivity contribution in [1.82, 2.24) is 0 Å². The standard InChI is InChI=1S/C12H14O/c13-12-10-3-1-2-4-11(12)9-6-5-8(10)7-9/h1-6,8-13H,7H2/t8-,9+,10+,11-,12?. The highest BCUT2D eigenvalue weighted by molar-refractivity contribution is 5.24. The first kappa shape index (κ1) is 7.57. The zero-order valence-corrected chi connectivity index (χ0v) is 7.51. The van der Waals surface area contributed by atoms with Crippen LogP contribution >= 0.6 is 0 Å². The van der Waals surface area contributed by atoms with E-state index in [0.29, 0.717) is 23.7 Å². The van der Waals surface area contributed by atoms with E-state index < -0.39 is 0 Å². The number of aliphatic hydroxyl groups excluding tert-OH is 1. The maximum absolute atomic E-state index is 10.1. The van der Waals surface area contributed by atoms with Crippen molar-refractivity contribution in [3.8, 4) is 0 Å². The second-order valence-electron chi connectivity index (χ2n) is 4.36. The van der Waals surface area contributed by atoms with Gasteiger partial charge in [0.25, 0.3) is 0 Å². The minimum Gasteiger partial charge on any atom is -0.392 e. The fourth-order valence-corrected chi connectivity index (χ4v) is 2.99. The van der Waals surface area contributed by atoms with Crippen LogP contribution in [0.1, 0.15) is 6.42 Å². The van der Waals surface area contributed by atoms with Crippen LogP contribution < -0.4 is 0 Å². The van der Waals surface area contributed by atoms with E-state index >= 15 is 0 Å². The third-order valence-electron chi connectivity index (χ3n) is 3.71. The molecule has 0 aromatic carbocycles. The molecule has 3 aliphatic rings. The van der Waals surface area contributed by atoms with Crippen LogP contribution in [-0.4, -0.2) is 11.2 Å². The summed E-state index contributed by atoms with van der Waals surface area (Å²) in [6.07, 6.45) is 14.2. The van der Waals surface area contributed by atoms with Crippen molar-refractivity contribution in [3.63, 3.8) is 0 Å². The molecule has 0 aromatic rings. The fourth-order valence-electron chi connectivity index (χ4n) is 2.99. The second-order valence-corrected chi connectivity index (χ2v) is 4.36. The fraction of sp³-hybridized carbons (Fsp3) is 0.500. The Morgan fingerprint density at radius 2 is 1.38 bits per heavy atom. The summed E-state index contributed by atoms with van der Waals surface area (Å²) in [5.74, 6) is 1.89. The van der Waals surface area contributed by atoms with Crippen molar-refractivity contribution < 1.29 is 5.11 Å². The summed E-state index contributed by atoms with van der Waals surface area (Å²) in [7, 11) is 0. The average Bonchev–Trinajstić information content (AvgIpc) is 2.51. The summed E-state index contributed by atoms with van der Waals surface area (Å²) in [6, 6.07) is 0. The summed E-state index contributed by atoms with van der Waals surface area (Å²) in [5, 5.41) is 10.1. The number of allylic oxidation sites excluding steroid dienone is 4. The van der Waals surface area contributed by atoms with Gasteiger partial charge in [0, 0.05) is 11.8 Å². The van der Waals surface area contributed by atoms with Gasteiger partial charge in [0.1, 0.15) is 0 Å². The molecule has 1 fully saturated rings. The third-order valence-corrected chi connectivity index (χ3v) is 3.71. The molecule has 3 aliphatic carbocycles. The van der Waals surface area contributed by atoms with Crippen LogP contribution in [-0.2, 0) is 0 Å². The molecule has 0 aromatic heterocycles. The summed E-state index contributed by atoms with van der Waals surface area (Å²) in [5.41, 5.74) is 0. The molecule has 1 N–H and O–H groups in total. The zero-order chi connectivity index (χ0) is 8.84. The Hall–Kier alpha value is -0.820. The predicted octanol–water partition coefficient (Wildman–Crippen LogP) is 1.91. The SMILES string of the molecule is OC1[C@H]2C=CC=C[C@@H]1[C@H]1C=C[C@@H]2C1. The maximum Gasteiger partial charge on any atom is 0.0676 e. The molecular weight excluding hydrogens is 160 g/mol. The Morgan fingerprint density at radius 1 is 0.846 bits per heavy atom. The molecule has 68 valence electrons. The predicted molar refractivity (Wildman–Crippen MR) is 52.0 cm³/mol. The lowest BCUT2D eigenvalue weighted by Crippen LogP contribution is -2.38. The summed E-state index contributed by atoms with van der Waals surface area (Å²) >= 11 is 0. The molecule has 1 saturated carbocycles. The highest BCUT2D eigenvalue weighted by atomic mass is 16.3. The Kier molecular flexibility index (Phi) is 1.50. The van der Waals surface area contributed by atoms with Crippen LogP contribution in [0.4, 0.5) is 0 Å². The zero-order valence-electron chi connectivity index (χ0n) is 7.51. The van der Waals surface area contributed by atoms with E-state index in [1.54, 1.807) is 0 Å². The quantitative estimate of drug-likeness (QED) is 0.556. The number of rotatable bonds is 0. The lowest BCUT2D eigenvalue weighted by molar-refractivity contribution is 0.0267. The lowest BCUT2D eigenvalue weighted by Gasteiger charge is -2.36. The molecular formula is C12H14O. The normalized spacial score (nSPS) is 51.0. The van der Waals surface area contributed by atoms with Gasteiger partial charge in [-0.2, -0.15) is 0 Å². The largest absolute Gasteiger partial charge is 0.392 e. The van der Waals surface area contributed by atoms with Gasteiger partial charge in [0.05, 0.1) is 6.10 Å². The van der Waals surface area contributed by atoms with Gasteiger partial charge in [-0.1, -0.05) is 36.5 Å². The van der Waals surface area contributed by atoms with Gasteiger partial charge in [-0.05, 0) is 18.3 Å².